The van der Waals surface area contributed by atoms with Gasteiger partial charge >= 0.3 is 5.97 Å². The molecule has 1 atom stereocenters. The van der Waals surface area contributed by atoms with Gasteiger partial charge in [0.15, 0.2) is 0 Å². The quantitative estimate of drug-likeness (QED) is 0.290. The first-order chi connectivity index (χ1) is 16.3. The van der Waals surface area contributed by atoms with Gasteiger partial charge in [0.05, 0.1) is 11.6 Å². The molecule has 1 aromatic heterocycles. The second-order valence-electron chi connectivity index (χ2n) is 8.41. The number of pyridine rings is 1. The molecule has 3 aromatic rings. The van der Waals surface area contributed by atoms with Gasteiger partial charge in [0.1, 0.15) is 12.4 Å². The Morgan fingerprint density at radius 1 is 1.06 bits per heavy atom. The molecule has 0 fully saturated rings. The minimum absolute atomic E-state index is 0. The normalized spacial score (nSPS) is 13.5. The summed E-state index contributed by atoms with van der Waals surface area (Å²) >= 11 is 0. The van der Waals surface area contributed by atoms with Gasteiger partial charge in [-0.1, -0.05) is 32.0 Å². The monoisotopic (exact) mass is 504 g/mol. The van der Waals surface area contributed by atoms with Crippen LogP contribution in [0.15, 0.2) is 41.2 Å². The van der Waals surface area contributed by atoms with Crippen LogP contribution in [0.5, 0.6) is 5.75 Å². The van der Waals surface area contributed by atoms with Crippen LogP contribution in [0.3, 0.4) is 0 Å². The third kappa shape index (κ3) is 6.61. The van der Waals surface area contributed by atoms with Crippen molar-refractivity contribution in [2.24, 2.45) is 0 Å². The number of aliphatic hydroxyl groups is 2. The Hall–Kier alpha value is -2.91. The lowest BCUT2D eigenvalue weighted by molar-refractivity contribution is -0.140. The van der Waals surface area contributed by atoms with Gasteiger partial charge in [-0.05, 0) is 65.6 Å². The van der Waals surface area contributed by atoms with Gasteiger partial charge in [-0.15, -0.1) is 12.4 Å². The summed E-state index contributed by atoms with van der Waals surface area (Å²) in [6.45, 7) is 4.04. The van der Waals surface area contributed by atoms with Crippen molar-refractivity contribution >= 4 is 29.3 Å². The molecule has 0 unspecified atom stereocenters. The molecule has 1 aliphatic carbocycles. The molecule has 0 bridgehead atoms. The first kappa shape index (κ1) is 28.3. The standard InChI is InChI=1S/C24H28N2O3.C2H4O3.ClH/c1-3-14-5-6-15(4-2)20-12-16(11-19(14)20)25-13-22(28)17-7-9-21(27)24-18(17)8-10-23(29)26-24;3-1-2(4)5;/h5-10,16,22,25,27-28H,3-4,11-13H2,1-2H3,(H,26,29);3H,1H2,(H,4,5);1H/t22-;;/m1../s1. The number of carboxylic acids is 1. The fourth-order valence-corrected chi connectivity index (χ4v) is 4.61. The number of aromatic amines is 1. The number of aliphatic hydroxyl groups excluding tert-OH is 2. The zero-order chi connectivity index (χ0) is 24.8. The molecular weight excluding hydrogens is 472 g/mol. The predicted molar refractivity (Wildman–Crippen MR) is 138 cm³/mol. The zero-order valence-corrected chi connectivity index (χ0v) is 20.7. The Labute approximate surface area is 210 Å². The average molecular weight is 505 g/mol. The molecule has 8 nitrogen and oxygen atoms in total. The summed E-state index contributed by atoms with van der Waals surface area (Å²) in [4.78, 5) is 23.4. The van der Waals surface area contributed by atoms with Crippen LogP contribution in [0.2, 0.25) is 0 Å². The summed E-state index contributed by atoms with van der Waals surface area (Å²) in [5, 5.41) is 40.1. The molecule has 1 heterocycles. The van der Waals surface area contributed by atoms with E-state index < -0.39 is 18.7 Å². The molecule has 2 aromatic carbocycles. The molecule has 0 saturated heterocycles. The van der Waals surface area contributed by atoms with Gasteiger partial charge in [-0.3, -0.25) is 4.79 Å². The van der Waals surface area contributed by atoms with E-state index in [0.29, 0.717) is 29.1 Å². The number of aromatic hydroxyl groups is 1. The van der Waals surface area contributed by atoms with E-state index in [1.54, 1.807) is 12.1 Å². The smallest absolute Gasteiger partial charge is 0.329 e. The van der Waals surface area contributed by atoms with Gasteiger partial charge in [0, 0.05) is 24.0 Å². The third-order valence-electron chi connectivity index (χ3n) is 6.29. The van der Waals surface area contributed by atoms with Crippen LogP contribution in [-0.4, -0.2) is 50.6 Å². The maximum Gasteiger partial charge on any atom is 0.329 e. The molecule has 1 aliphatic rings. The number of carbonyl (C=O) groups is 1. The first-order valence-corrected chi connectivity index (χ1v) is 11.5. The first-order valence-electron chi connectivity index (χ1n) is 11.5. The van der Waals surface area contributed by atoms with Crippen molar-refractivity contribution in [1.29, 1.82) is 0 Å². The zero-order valence-electron chi connectivity index (χ0n) is 19.9. The number of aliphatic carboxylic acids is 1. The van der Waals surface area contributed by atoms with E-state index in [1.165, 1.54) is 34.4 Å². The highest BCUT2D eigenvalue weighted by atomic mass is 35.5. The highest BCUT2D eigenvalue weighted by Gasteiger charge is 2.26. The summed E-state index contributed by atoms with van der Waals surface area (Å²) in [6, 6.07) is 11.1. The molecule has 35 heavy (non-hydrogen) atoms. The van der Waals surface area contributed by atoms with Crippen molar-refractivity contribution in [1.82, 2.24) is 10.3 Å². The van der Waals surface area contributed by atoms with Gasteiger partial charge in [0.2, 0.25) is 5.56 Å². The lowest BCUT2D eigenvalue weighted by Crippen LogP contribution is -2.33. The second-order valence-corrected chi connectivity index (χ2v) is 8.41. The fourth-order valence-electron chi connectivity index (χ4n) is 4.61. The van der Waals surface area contributed by atoms with Gasteiger partial charge in [-0.25, -0.2) is 4.79 Å². The molecule has 4 rings (SSSR count). The van der Waals surface area contributed by atoms with Crippen LogP contribution in [0.4, 0.5) is 0 Å². The minimum atomic E-state index is -1.19. The maximum atomic E-state index is 11.6. The summed E-state index contributed by atoms with van der Waals surface area (Å²) < 4.78 is 0. The number of hydrogen-bond donors (Lipinski definition) is 6. The SMILES string of the molecule is CCc1ccc(CC)c2c1CC(NC[C@@H](O)c1ccc(O)c3[nH]c(=O)ccc13)C2.Cl.O=C(O)CO. The predicted octanol–water partition coefficient (Wildman–Crippen LogP) is 2.63. The summed E-state index contributed by atoms with van der Waals surface area (Å²) in [6.07, 6.45) is 3.33. The topological polar surface area (TPSA) is 143 Å². The van der Waals surface area contributed by atoms with E-state index in [1.807, 2.05) is 0 Å². The van der Waals surface area contributed by atoms with Crippen molar-refractivity contribution < 1.29 is 25.2 Å². The van der Waals surface area contributed by atoms with E-state index in [4.69, 9.17) is 15.0 Å². The molecule has 9 heteroatoms. The molecule has 0 aliphatic heterocycles. The highest BCUT2D eigenvalue weighted by molar-refractivity contribution is 5.87. The number of fused-ring (bicyclic) bond motifs is 2. The number of halogens is 1. The summed E-state index contributed by atoms with van der Waals surface area (Å²) in [5.41, 5.74) is 6.59. The average Bonchev–Trinajstić information content (AvgIpc) is 3.27. The lowest BCUT2D eigenvalue weighted by Gasteiger charge is -2.18. The molecule has 0 radical (unpaired) electrons. The van der Waals surface area contributed by atoms with E-state index in [9.17, 15) is 15.0 Å². The number of carboxylic acid groups (broad SMARTS) is 1. The van der Waals surface area contributed by atoms with E-state index >= 15 is 0 Å². The largest absolute Gasteiger partial charge is 0.506 e. The number of aromatic nitrogens is 1. The number of aryl methyl sites for hydroxylation is 2. The molecular formula is C26H33ClN2O6. The Balaban J connectivity index is 0.000000656. The van der Waals surface area contributed by atoms with Crippen molar-refractivity contribution in [2.75, 3.05) is 13.2 Å². The summed E-state index contributed by atoms with van der Waals surface area (Å²) in [7, 11) is 0. The number of phenolic OH excluding ortho intramolecular Hbond substituents is 1. The number of phenols is 1. The number of H-pyrrole nitrogens is 1. The van der Waals surface area contributed by atoms with E-state index in [0.717, 1.165) is 25.7 Å². The van der Waals surface area contributed by atoms with Crippen molar-refractivity contribution in [3.05, 3.63) is 74.6 Å². The maximum absolute atomic E-state index is 11.6. The number of benzene rings is 2. The van der Waals surface area contributed by atoms with Crippen LogP contribution >= 0.6 is 12.4 Å². The van der Waals surface area contributed by atoms with Crippen LogP contribution < -0.4 is 10.9 Å². The Morgan fingerprint density at radius 3 is 2.14 bits per heavy atom. The lowest BCUT2D eigenvalue weighted by atomic mass is 9.96. The Morgan fingerprint density at radius 2 is 1.63 bits per heavy atom. The van der Waals surface area contributed by atoms with Gasteiger partial charge < -0.3 is 30.7 Å². The van der Waals surface area contributed by atoms with Crippen LogP contribution in [0, 0.1) is 0 Å². The molecule has 0 amide bonds. The fraction of sp³-hybridized carbons (Fsp3) is 0.385. The second kappa shape index (κ2) is 12.7. The molecule has 0 saturated carbocycles. The Kier molecular flexibility index (Phi) is 10.3. The minimum Gasteiger partial charge on any atom is -0.506 e. The summed E-state index contributed by atoms with van der Waals surface area (Å²) in [5.74, 6) is -1.18. The highest BCUT2D eigenvalue weighted by Crippen LogP contribution is 2.31. The van der Waals surface area contributed by atoms with E-state index in [2.05, 4.69) is 36.3 Å². The number of hydrogen-bond acceptors (Lipinski definition) is 6. The van der Waals surface area contributed by atoms with Crippen molar-refractivity contribution in [3.8, 4) is 5.75 Å². The molecule has 190 valence electrons. The van der Waals surface area contributed by atoms with Crippen LogP contribution in [0.25, 0.3) is 10.9 Å². The number of rotatable bonds is 7. The molecule has 6 N–H and O–H groups in total. The van der Waals surface area contributed by atoms with Gasteiger partial charge in [-0.2, -0.15) is 0 Å². The van der Waals surface area contributed by atoms with E-state index in [-0.39, 0.29) is 23.7 Å². The van der Waals surface area contributed by atoms with Gasteiger partial charge in [0.25, 0.3) is 0 Å². The van der Waals surface area contributed by atoms with Crippen molar-refractivity contribution in [2.45, 2.75) is 51.7 Å². The Bertz CT molecular complexity index is 1190. The third-order valence-corrected chi connectivity index (χ3v) is 6.29. The number of nitrogens with one attached hydrogen (secondary N) is 2. The van der Waals surface area contributed by atoms with Crippen LogP contribution in [0.1, 0.15) is 47.8 Å². The van der Waals surface area contributed by atoms with Crippen molar-refractivity contribution in [3.63, 3.8) is 0 Å². The van der Waals surface area contributed by atoms with Crippen LogP contribution in [-0.2, 0) is 30.5 Å². The molecule has 0 spiro atoms.